The first-order chi connectivity index (χ1) is 12.9. The van der Waals surface area contributed by atoms with Gasteiger partial charge in [-0.25, -0.2) is 4.39 Å². The molecule has 2 aromatic carbocycles. The normalized spacial score (nSPS) is 19.7. The zero-order valence-electron chi connectivity index (χ0n) is 14.8. The number of benzene rings is 2. The largest absolute Gasteiger partial charge is 0.379 e. The molecule has 3 aromatic rings. The molecule has 1 aromatic heterocycles. The summed E-state index contributed by atoms with van der Waals surface area (Å²) in [6, 6.07) is 11.9. The number of aromatic amines is 1. The highest BCUT2D eigenvalue weighted by Gasteiger charge is 2.32. The van der Waals surface area contributed by atoms with Crippen LogP contribution in [0, 0.1) is 5.82 Å². The number of nitrogens with two attached hydrogens (primary N) is 1. The molecular weight excluding hydrogens is 363 g/mol. The first kappa shape index (κ1) is 17.6. The van der Waals surface area contributed by atoms with Crippen molar-refractivity contribution in [1.29, 1.82) is 0 Å². The van der Waals surface area contributed by atoms with Gasteiger partial charge in [-0.3, -0.25) is 9.79 Å². The van der Waals surface area contributed by atoms with Crippen LogP contribution in [0.25, 0.3) is 10.9 Å². The van der Waals surface area contributed by atoms with Crippen molar-refractivity contribution in [2.24, 2.45) is 10.7 Å². The van der Waals surface area contributed by atoms with Crippen LogP contribution in [0.2, 0.25) is 0 Å². The van der Waals surface area contributed by atoms with Crippen molar-refractivity contribution >= 4 is 39.4 Å². The molecule has 2 heterocycles. The maximum atomic E-state index is 14.5. The smallest absolute Gasteiger partial charge is 0.255 e. The maximum Gasteiger partial charge on any atom is 0.255 e. The number of aliphatic imine (C=N–C) groups is 1. The molecule has 27 heavy (non-hydrogen) atoms. The van der Waals surface area contributed by atoms with Crippen LogP contribution in [0.3, 0.4) is 0 Å². The molecule has 4 N–H and O–H groups in total. The molecule has 1 aliphatic heterocycles. The number of nitrogens with zero attached hydrogens (tertiary/aromatic N) is 1. The summed E-state index contributed by atoms with van der Waals surface area (Å²) in [4.78, 5) is 20.2. The fraction of sp³-hybridized carbons (Fsp3) is 0.200. The quantitative estimate of drug-likeness (QED) is 0.634. The highest BCUT2D eigenvalue weighted by Crippen LogP contribution is 2.37. The van der Waals surface area contributed by atoms with Gasteiger partial charge in [0.05, 0.1) is 5.54 Å². The number of H-pyrrole nitrogens is 1. The Balaban J connectivity index is 1.63. The van der Waals surface area contributed by atoms with Gasteiger partial charge in [0.1, 0.15) is 5.82 Å². The van der Waals surface area contributed by atoms with Crippen molar-refractivity contribution in [1.82, 2.24) is 4.98 Å². The molecular formula is C20H19FN4OS. The fourth-order valence-electron chi connectivity index (χ4n) is 3.29. The number of hydrogen-bond acceptors (Lipinski definition) is 4. The topological polar surface area (TPSA) is 83.3 Å². The predicted molar refractivity (Wildman–Crippen MR) is 109 cm³/mol. The number of nitrogens with one attached hydrogen (secondary N) is 2. The molecule has 1 aliphatic rings. The van der Waals surface area contributed by atoms with Crippen molar-refractivity contribution in [2.45, 2.75) is 18.9 Å². The molecule has 0 saturated carbocycles. The maximum absolute atomic E-state index is 14.5. The number of fused-ring (bicyclic) bond motifs is 1. The predicted octanol–water partition coefficient (Wildman–Crippen LogP) is 4.23. The van der Waals surface area contributed by atoms with Gasteiger partial charge in [0, 0.05) is 34.3 Å². The van der Waals surface area contributed by atoms with E-state index < -0.39 is 5.54 Å². The summed E-state index contributed by atoms with van der Waals surface area (Å²) in [6.45, 7) is 1.86. The van der Waals surface area contributed by atoms with Crippen LogP contribution in [-0.2, 0) is 5.54 Å². The summed E-state index contributed by atoms with van der Waals surface area (Å²) >= 11 is 1.47. The van der Waals surface area contributed by atoms with Gasteiger partial charge in [0.2, 0.25) is 0 Å². The van der Waals surface area contributed by atoms with Crippen LogP contribution in [0.1, 0.15) is 29.3 Å². The molecule has 0 aliphatic carbocycles. The third kappa shape index (κ3) is 3.42. The van der Waals surface area contributed by atoms with Crippen molar-refractivity contribution in [3.63, 3.8) is 0 Å². The Kier molecular flexibility index (Phi) is 4.39. The lowest BCUT2D eigenvalue weighted by Gasteiger charge is -2.30. The van der Waals surface area contributed by atoms with Crippen LogP contribution in [0.15, 0.2) is 53.7 Å². The Morgan fingerprint density at radius 3 is 2.96 bits per heavy atom. The fourth-order valence-corrected chi connectivity index (χ4v) is 4.26. The molecule has 1 amide bonds. The first-order valence-corrected chi connectivity index (χ1v) is 9.60. The lowest BCUT2D eigenvalue weighted by Crippen LogP contribution is -2.29. The molecule has 5 nitrogen and oxygen atoms in total. The SMILES string of the molecule is CC1(c2cc(NC(=O)c3ccc4cc[nH]c4c3)ccc2F)CCSC(N)=N1. The number of carbonyl (C=O) groups excluding carboxylic acids is 1. The molecule has 138 valence electrons. The second-order valence-corrected chi connectivity index (χ2v) is 7.87. The van der Waals surface area contributed by atoms with Gasteiger partial charge in [-0.2, -0.15) is 0 Å². The molecule has 1 unspecified atom stereocenters. The van der Waals surface area contributed by atoms with Crippen LogP contribution in [0.5, 0.6) is 0 Å². The van der Waals surface area contributed by atoms with E-state index in [0.29, 0.717) is 28.4 Å². The van der Waals surface area contributed by atoms with Gasteiger partial charge < -0.3 is 16.0 Å². The second kappa shape index (κ2) is 6.74. The lowest BCUT2D eigenvalue weighted by molar-refractivity contribution is 0.102. The number of amides is 1. The van der Waals surface area contributed by atoms with E-state index in [2.05, 4.69) is 15.3 Å². The summed E-state index contributed by atoms with van der Waals surface area (Å²) in [5, 5.41) is 4.34. The third-order valence-corrected chi connectivity index (χ3v) is 5.61. The third-order valence-electron chi connectivity index (χ3n) is 4.82. The number of halogens is 1. The van der Waals surface area contributed by atoms with Gasteiger partial charge in [-0.1, -0.05) is 17.8 Å². The van der Waals surface area contributed by atoms with Gasteiger partial charge in [0.25, 0.3) is 5.91 Å². The van der Waals surface area contributed by atoms with Crippen molar-refractivity contribution in [2.75, 3.05) is 11.1 Å². The second-order valence-electron chi connectivity index (χ2n) is 6.75. The summed E-state index contributed by atoms with van der Waals surface area (Å²) in [7, 11) is 0. The van der Waals surface area contributed by atoms with E-state index in [1.807, 2.05) is 25.3 Å². The van der Waals surface area contributed by atoms with E-state index in [9.17, 15) is 9.18 Å². The molecule has 0 radical (unpaired) electrons. The summed E-state index contributed by atoms with van der Waals surface area (Å²) in [5.74, 6) is 0.168. The number of rotatable bonds is 3. The van der Waals surface area contributed by atoms with Crippen LogP contribution in [-0.4, -0.2) is 21.8 Å². The van der Waals surface area contributed by atoms with Crippen molar-refractivity contribution in [3.05, 3.63) is 65.6 Å². The van der Waals surface area contributed by atoms with Gasteiger partial charge >= 0.3 is 0 Å². The summed E-state index contributed by atoms with van der Waals surface area (Å²) < 4.78 is 14.5. The van der Waals surface area contributed by atoms with Gasteiger partial charge in [0.15, 0.2) is 5.17 Å². The average Bonchev–Trinajstić information content (AvgIpc) is 3.10. The summed E-state index contributed by atoms with van der Waals surface area (Å²) in [5.41, 5.74) is 7.49. The molecule has 1 atom stereocenters. The van der Waals surface area contributed by atoms with Gasteiger partial charge in [-0.05, 0) is 55.1 Å². The van der Waals surface area contributed by atoms with Crippen LogP contribution < -0.4 is 11.1 Å². The minimum Gasteiger partial charge on any atom is -0.379 e. The van der Waals surface area contributed by atoms with E-state index in [0.717, 1.165) is 16.7 Å². The first-order valence-electron chi connectivity index (χ1n) is 8.61. The highest BCUT2D eigenvalue weighted by molar-refractivity contribution is 8.13. The lowest BCUT2D eigenvalue weighted by atomic mass is 9.89. The number of hydrogen-bond donors (Lipinski definition) is 3. The Morgan fingerprint density at radius 2 is 2.15 bits per heavy atom. The average molecular weight is 382 g/mol. The Labute approximate surface area is 160 Å². The van der Waals surface area contributed by atoms with Crippen molar-refractivity contribution < 1.29 is 9.18 Å². The van der Waals surface area contributed by atoms with E-state index in [1.165, 1.54) is 17.8 Å². The zero-order valence-corrected chi connectivity index (χ0v) is 15.6. The Bertz CT molecular complexity index is 1060. The molecule has 0 saturated heterocycles. The van der Waals surface area contributed by atoms with E-state index in [1.54, 1.807) is 24.3 Å². The van der Waals surface area contributed by atoms with Crippen LogP contribution >= 0.6 is 11.8 Å². The monoisotopic (exact) mass is 382 g/mol. The molecule has 7 heteroatoms. The van der Waals surface area contributed by atoms with Gasteiger partial charge in [-0.15, -0.1) is 0 Å². The molecule has 4 rings (SSSR count). The zero-order chi connectivity index (χ0) is 19.0. The molecule has 0 bridgehead atoms. The Hall–Kier alpha value is -2.80. The Morgan fingerprint density at radius 1 is 1.30 bits per heavy atom. The number of thioether (sulfide) groups is 1. The minimum absolute atomic E-state index is 0.253. The summed E-state index contributed by atoms with van der Waals surface area (Å²) in [6.07, 6.45) is 2.50. The van der Waals surface area contributed by atoms with Crippen molar-refractivity contribution in [3.8, 4) is 0 Å². The molecule has 0 spiro atoms. The number of anilines is 1. The standard InChI is InChI=1S/C20H19FN4OS/c1-20(7-9-27-19(22)25-20)15-11-14(4-5-16(15)21)24-18(26)13-3-2-12-6-8-23-17(12)10-13/h2-6,8,10-11,23H,7,9H2,1H3,(H2,22,25)(H,24,26). The number of amidine groups is 1. The molecule has 0 fully saturated rings. The number of carbonyl (C=O) groups is 1. The number of aromatic nitrogens is 1. The van der Waals surface area contributed by atoms with E-state index in [-0.39, 0.29) is 11.7 Å². The van der Waals surface area contributed by atoms with E-state index >= 15 is 0 Å². The van der Waals surface area contributed by atoms with Crippen LogP contribution in [0.4, 0.5) is 10.1 Å². The minimum atomic E-state index is -0.733. The highest BCUT2D eigenvalue weighted by atomic mass is 32.2. The van der Waals surface area contributed by atoms with E-state index in [4.69, 9.17) is 5.73 Å².